The highest BCUT2D eigenvalue weighted by Gasteiger charge is 2.25. The first kappa shape index (κ1) is 12.2. The first-order valence-corrected chi connectivity index (χ1v) is 5.97. The molecule has 1 aliphatic rings. The van der Waals surface area contributed by atoms with Gasteiger partial charge in [-0.25, -0.2) is 0 Å². The van der Waals surface area contributed by atoms with E-state index in [9.17, 15) is 9.90 Å². The number of piperazine rings is 1. The predicted molar refractivity (Wildman–Crippen MR) is 66.5 cm³/mol. The van der Waals surface area contributed by atoms with Gasteiger partial charge in [0.15, 0.2) is 0 Å². The number of hydrogen-bond acceptors (Lipinski definition) is 3. The quantitative estimate of drug-likeness (QED) is 0.798. The normalized spacial score (nSPS) is 20.4. The summed E-state index contributed by atoms with van der Waals surface area (Å²) < 4.78 is 0. The molecule has 1 heterocycles. The lowest BCUT2D eigenvalue weighted by Crippen LogP contribution is -2.52. The third kappa shape index (κ3) is 2.53. The molecule has 0 aliphatic carbocycles. The van der Waals surface area contributed by atoms with E-state index in [1.54, 1.807) is 4.90 Å². The first-order valence-electron chi connectivity index (χ1n) is 5.60. The minimum atomic E-state index is -0.125. The molecule has 2 rings (SSSR count). The van der Waals surface area contributed by atoms with Crippen LogP contribution in [-0.4, -0.2) is 41.6 Å². The van der Waals surface area contributed by atoms with Gasteiger partial charge in [-0.1, -0.05) is 11.6 Å². The number of amides is 1. The Morgan fingerprint density at radius 2 is 2.35 bits per heavy atom. The molecule has 17 heavy (non-hydrogen) atoms. The van der Waals surface area contributed by atoms with Crippen molar-refractivity contribution < 1.29 is 9.90 Å². The summed E-state index contributed by atoms with van der Waals surface area (Å²) in [5, 5.41) is 13.0. The lowest BCUT2D eigenvalue weighted by Gasteiger charge is -2.34. The van der Waals surface area contributed by atoms with Crippen LogP contribution in [0.5, 0.6) is 5.75 Å². The number of nitrogens with one attached hydrogen (secondary N) is 1. The van der Waals surface area contributed by atoms with Crippen LogP contribution in [0, 0.1) is 0 Å². The minimum absolute atomic E-state index is 0.0561. The number of carbonyl (C=O) groups is 1. The monoisotopic (exact) mass is 254 g/mol. The maximum Gasteiger partial charge on any atom is 0.255 e. The van der Waals surface area contributed by atoms with Gasteiger partial charge in [-0.3, -0.25) is 4.79 Å². The Kier molecular flexibility index (Phi) is 3.54. The maximum atomic E-state index is 12.3. The predicted octanol–water partition coefficient (Wildman–Crippen LogP) is 1.48. The van der Waals surface area contributed by atoms with Crippen LogP contribution < -0.4 is 5.32 Å². The molecule has 1 fully saturated rings. The van der Waals surface area contributed by atoms with Crippen molar-refractivity contribution in [1.29, 1.82) is 0 Å². The van der Waals surface area contributed by atoms with E-state index >= 15 is 0 Å². The average Bonchev–Trinajstić information content (AvgIpc) is 2.32. The molecule has 1 atom stereocenters. The molecule has 1 aromatic carbocycles. The summed E-state index contributed by atoms with van der Waals surface area (Å²) in [4.78, 5) is 14.1. The molecule has 1 amide bonds. The fourth-order valence-corrected chi connectivity index (χ4v) is 2.17. The van der Waals surface area contributed by atoms with Gasteiger partial charge in [0.25, 0.3) is 5.91 Å². The van der Waals surface area contributed by atoms with E-state index in [-0.39, 0.29) is 17.7 Å². The summed E-state index contributed by atoms with van der Waals surface area (Å²) in [5.41, 5.74) is 0.361. The summed E-state index contributed by atoms with van der Waals surface area (Å²) in [7, 11) is 0. The van der Waals surface area contributed by atoms with E-state index in [0.29, 0.717) is 17.1 Å². The third-order valence-corrected chi connectivity index (χ3v) is 3.27. The van der Waals surface area contributed by atoms with E-state index in [1.165, 1.54) is 18.2 Å². The van der Waals surface area contributed by atoms with Gasteiger partial charge in [0.2, 0.25) is 0 Å². The second-order valence-electron chi connectivity index (χ2n) is 4.22. The molecule has 1 unspecified atom stereocenters. The summed E-state index contributed by atoms with van der Waals surface area (Å²) in [5.74, 6) is -0.0690. The van der Waals surface area contributed by atoms with Gasteiger partial charge in [-0.15, -0.1) is 0 Å². The third-order valence-electron chi connectivity index (χ3n) is 2.94. The van der Waals surface area contributed by atoms with Crippen molar-refractivity contribution in [3.63, 3.8) is 0 Å². The fourth-order valence-electron chi connectivity index (χ4n) is 1.97. The fraction of sp³-hybridized carbons (Fsp3) is 0.417. The van der Waals surface area contributed by atoms with E-state index in [1.807, 2.05) is 6.92 Å². The molecule has 2 N–H and O–H groups in total. The molecule has 1 aliphatic heterocycles. The van der Waals surface area contributed by atoms with Gasteiger partial charge in [0, 0.05) is 25.7 Å². The van der Waals surface area contributed by atoms with Crippen LogP contribution in [0.3, 0.4) is 0 Å². The van der Waals surface area contributed by atoms with Crippen molar-refractivity contribution in [2.75, 3.05) is 19.6 Å². The molecule has 1 saturated heterocycles. The van der Waals surface area contributed by atoms with E-state index in [4.69, 9.17) is 11.6 Å². The molecule has 0 bridgehead atoms. The largest absolute Gasteiger partial charge is 0.508 e. The maximum absolute atomic E-state index is 12.3. The molecule has 4 nitrogen and oxygen atoms in total. The van der Waals surface area contributed by atoms with E-state index in [0.717, 1.165) is 13.1 Å². The summed E-state index contributed by atoms with van der Waals surface area (Å²) in [6.45, 7) is 4.21. The molecule has 0 radical (unpaired) electrons. The van der Waals surface area contributed by atoms with Crippen LogP contribution in [-0.2, 0) is 0 Å². The number of nitrogens with zero attached hydrogens (tertiary/aromatic N) is 1. The number of rotatable bonds is 1. The number of carbonyl (C=O) groups excluding carboxylic acids is 1. The van der Waals surface area contributed by atoms with Crippen molar-refractivity contribution in [2.45, 2.75) is 13.0 Å². The Morgan fingerprint density at radius 3 is 3.06 bits per heavy atom. The van der Waals surface area contributed by atoms with Crippen molar-refractivity contribution in [3.8, 4) is 5.75 Å². The topological polar surface area (TPSA) is 52.6 Å². The van der Waals surface area contributed by atoms with Gasteiger partial charge < -0.3 is 15.3 Å². The van der Waals surface area contributed by atoms with Crippen LogP contribution in [0.2, 0.25) is 5.02 Å². The van der Waals surface area contributed by atoms with Gasteiger partial charge in [0.05, 0.1) is 10.6 Å². The van der Waals surface area contributed by atoms with Crippen LogP contribution in [0.15, 0.2) is 18.2 Å². The lowest BCUT2D eigenvalue weighted by atomic mass is 10.1. The van der Waals surface area contributed by atoms with Crippen LogP contribution >= 0.6 is 11.6 Å². The van der Waals surface area contributed by atoms with Crippen LogP contribution in [0.25, 0.3) is 0 Å². The highest BCUT2D eigenvalue weighted by Crippen LogP contribution is 2.23. The number of aromatic hydroxyl groups is 1. The van der Waals surface area contributed by atoms with Crippen molar-refractivity contribution in [3.05, 3.63) is 28.8 Å². The SMILES string of the molecule is CC1CNCCN1C(=O)c1cc(O)ccc1Cl. The molecule has 5 heteroatoms. The highest BCUT2D eigenvalue weighted by molar-refractivity contribution is 6.33. The smallest absolute Gasteiger partial charge is 0.255 e. The average molecular weight is 255 g/mol. The standard InChI is InChI=1S/C12H15ClN2O2/c1-8-7-14-4-5-15(8)12(17)10-6-9(16)2-3-11(10)13/h2-3,6,8,14,16H,4-5,7H2,1H3. The first-order chi connectivity index (χ1) is 8.09. The van der Waals surface area contributed by atoms with Crippen molar-refractivity contribution in [1.82, 2.24) is 10.2 Å². The molecule has 1 aromatic rings. The number of phenolic OH excluding ortho intramolecular Hbond substituents is 1. The molecular weight excluding hydrogens is 240 g/mol. The van der Waals surface area contributed by atoms with Crippen LogP contribution in [0.4, 0.5) is 0 Å². The Hall–Kier alpha value is -1.26. The van der Waals surface area contributed by atoms with E-state index < -0.39 is 0 Å². The summed E-state index contributed by atoms with van der Waals surface area (Å²) in [6.07, 6.45) is 0. The number of halogens is 1. The second-order valence-corrected chi connectivity index (χ2v) is 4.62. The zero-order chi connectivity index (χ0) is 12.4. The number of phenols is 1. The second kappa shape index (κ2) is 4.94. The molecule has 0 aromatic heterocycles. The Balaban J connectivity index is 2.26. The highest BCUT2D eigenvalue weighted by atomic mass is 35.5. The van der Waals surface area contributed by atoms with Crippen molar-refractivity contribution in [2.24, 2.45) is 0 Å². The Bertz CT molecular complexity index is 437. The Labute approximate surface area is 105 Å². The zero-order valence-corrected chi connectivity index (χ0v) is 10.4. The van der Waals surface area contributed by atoms with Crippen LogP contribution in [0.1, 0.15) is 17.3 Å². The summed E-state index contributed by atoms with van der Waals surface area (Å²) >= 11 is 5.98. The molecule has 92 valence electrons. The Morgan fingerprint density at radius 1 is 1.59 bits per heavy atom. The molecular formula is C12H15ClN2O2. The van der Waals surface area contributed by atoms with E-state index in [2.05, 4.69) is 5.32 Å². The molecule has 0 spiro atoms. The van der Waals surface area contributed by atoms with Gasteiger partial charge in [0.1, 0.15) is 5.75 Å². The van der Waals surface area contributed by atoms with Gasteiger partial charge in [-0.05, 0) is 25.1 Å². The molecule has 0 saturated carbocycles. The zero-order valence-electron chi connectivity index (χ0n) is 9.61. The number of hydrogen-bond donors (Lipinski definition) is 2. The minimum Gasteiger partial charge on any atom is -0.508 e. The lowest BCUT2D eigenvalue weighted by molar-refractivity contribution is 0.0655. The van der Waals surface area contributed by atoms with Gasteiger partial charge >= 0.3 is 0 Å². The van der Waals surface area contributed by atoms with Crippen molar-refractivity contribution >= 4 is 17.5 Å². The number of benzene rings is 1. The summed E-state index contributed by atoms with van der Waals surface area (Å²) in [6, 6.07) is 4.56. The van der Waals surface area contributed by atoms with Gasteiger partial charge in [-0.2, -0.15) is 0 Å².